The van der Waals surface area contributed by atoms with Crippen LogP contribution in [0.3, 0.4) is 0 Å². The summed E-state index contributed by atoms with van der Waals surface area (Å²) in [6, 6.07) is 16.6. The number of carbonyl (C=O) groups is 1. The van der Waals surface area contributed by atoms with Gasteiger partial charge in [-0.05, 0) is 47.2 Å². The average Bonchev–Trinajstić information content (AvgIpc) is 3.43. The smallest absolute Gasteiger partial charge is 0.276 e. The van der Waals surface area contributed by atoms with Gasteiger partial charge in [-0.3, -0.25) is 4.79 Å². The van der Waals surface area contributed by atoms with Gasteiger partial charge in [0, 0.05) is 24.2 Å². The molecule has 4 rings (SSSR count). The van der Waals surface area contributed by atoms with Gasteiger partial charge >= 0.3 is 0 Å². The molecule has 0 bridgehead atoms. The Kier molecular flexibility index (Phi) is 6.53. The van der Waals surface area contributed by atoms with E-state index in [1.165, 1.54) is 5.56 Å². The van der Waals surface area contributed by atoms with E-state index in [0.717, 1.165) is 11.1 Å². The van der Waals surface area contributed by atoms with Crippen molar-refractivity contribution in [2.75, 3.05) is 18.6 Å². The number of carbonyl (C=O) groups excluding carboxylic acids is 1. The van der Waals surface area contributed by atoms with E-state index in [1.54, 1.807) is 30.2 Å². The average molecular weight is 483 g/mol. The maximum absolute atomic E-state index is 13.5. The largest absolute Gasteiger partial charge is 0.497 e. The summed E-state index contributed by atoms with van der Waals surface area (Å²) in [6.07, 6.45) is 0.414. The molecule has 8 heteroatoms. The van der Waals surface area contributed by atoms with Crippen LogP contribution in [0.4, 0.5) is 0 Å². The molecule has 180 valence electrons. The fraction of sp³-hybridized carbons (Fsp3) is 0.385. The van der Waals surface area contributed by atoms with Crippen molar-refractivity contribution in [1.82, 2.24) is 10.1 Å². The number of ether oxygens (including phenoxy) is 1. The lowest BCUT2D eigenvalue weighted by Crippen LogP contribution is -2.40. The first-order chi connectivity index (χ1) is 16.1. The third-order valence-corrected chi connectivity index (χ3v) is 7.94. The molecular weight excluding hydrogens is 452 g/mol. The summed E-state index contributed by atoms with van der Waals surface area (Å²) >= 11 is 0. The minimum atomic E-state index is -3.17. The summed E-state index contributed by atoms with van der Waals surface area (Å²) in [5.41, 5.74) is 3.07. The molecule has 2 aromatic carbocycles. The Morgan fingerprint density at radius 3 is 2.35 bits per heavy atom. The fourth-order valence-corrected chi connectivity index (χ4v) is 5.84. The van der Waals surface area contributed by atoms with Crippen molar-refractivity contribution in [2.24, 2.45) is 0 Å². The van der Waals surface area contributed by atoms with Gasteiger partial charge in [0.25, 0.3) is 5.91 Å². The highest BCUT2D eigenvalue weighted by atomic mass is 32.2. The van der Waals surface area contributed by atoms with Crippen molar-refractivity contribution in [3.63, 3.8) is 0 Å². The van der Waals surface area contributed by atoms with Crippen LogP contribution in [0.1, 0.15) is 48.8 Å². The van der Waals surface area contributed by atoms with Crippen LogP contribution < -0.4 is 4.74 Å². The minimum Gasteiger partial charge on any atom is -0.497 e. The van der Waals surface area contributed by atoms with E-state index in [0.29, 0.717) is 24.5 Å². The predicted molar refractivity (Wildman–Crippen MR) is 131 cm³/mol. The molecule has 7 nitrogen and oxygen atoms in total. The lowest BCUT2D eigenvalue weighted by Gasteiger charge is -2.28. The van der Waals surface area contributed by atoms with E-state index < -0.39 is 15.9 Å². The maximum atomic E-state index is 13.5. The minimum absolute atomic E-state index is 0.0200. The molecule has 1 aliphatic heterocycles. The topological polar surface area (TPSA) is 89.7 Å². The van der Waals surface area contributed by atoms with Crippen LogP contribution in [0.25, 0.3) is 11.3 Å². The summed E-state index contributed by atoms with van der Waals surface area (Å²) in [5.74, 6) is 0.873. The van der Waals surface area contributed by atoms with E-state index in [9.17, 15) is 13.2 Å². The van der Waals surface area contributed by atoms with Gasteiger partial charge in [0.15, 0.2) is 21.3 Å². The second-order valence-corrected chi connectivity index (χ2v) is 12.0. The van der Waals surface area contributed by atoms with Gasteiger partial charge in [-0.1, -0.05) is 50.2 Å². The first-order valence-corrected chi connectivity index (χ1v) is 13.1. The number of sulfone groups is 1. The third-order valence-electron chi connectivity index (χ3n) is 6.19. The number of hydrogen-bond acceptors (Lipinski definition) is 6. The predicted octanol–water partition coefficient (Wildman–Crippen LogP) is 4.48. The molecule has 1 amide bonds. The highest BCUT2D eigenvalue weighted by molar-refractivity contribution is 7.91. The zero-order valence-electron chi connectivity index (χ0n) is 19.9. The van der Waals surface area contributed by atoms with Gasteiger partial charge in [-0.15, -0.1) is 0 Å². The first kappa shape index (κ1) is 24.0. The number of aromatic nitrogens is 1. The zero-order valence-corrected chi connectivity index (χ0v) is 20.8. The molecule has 1 fully saturated rings. The van der Waals surface area contributed by atoms with E-state index in [1.807, 2.05) is 24.3 Å². The maximum Gasteiger partial charge on any atom is 0.276 e. The van der Waals surface area contributed by atoms with Crippen molar-refractivity contribution in [2.45, 2.75) is 45.2 Å². The van der Waals surface area contributed by atoms with E-state index in [4.69, 9.17) is 9.26 Å². The summed E-state index contributed by atoms with van der Waals surface area (Å²) in [6.45, 7) is 6.73. The summed E-state index contributed by atoms with van der Waals surface area (Å²) < 4.78 is 35.0. The molecule has 1 unspecified atom stereocenters. The molecule has 3 aromatic rings. The quantitative estimate of drug-likeness (QED) is 0.515. The Hall–Kier alpha value is -3.13. The lowest BCUT2D eigenvalue weighted by molar-refractivity contribution is 0.0670. The second-order valence-electron chi connectivity index (χ2n) is 9.74. The van der Waals surface area contributed by atoms with Crippen LogP contribution in [0.2, 0.25) is 0 Å². The SMILES string of the molecule is COc1ccc(-c2cc(C(=O)N(Cc3ccc(C(C)(C)C)cc3)C3CCS(=O)(=O)C3)no2)cc1. The molecule has 1 saturated heterocycles. The van der Waals surface area contributed by atoms with E-state index in [-0.39, 0.29) is 28.5 Å². The van der Waals surface area contributed by atoms with Gasteiger partial charge in [-0.25, -0.2) is 8.42 Å². The molecule has 0 aliphatic carbocycles. The Balaban J connectivity index is 1.60. The number of methoxy groups -OCH3 is 1. The zero-order chi connectivity index (χ0) is 24.5. The van der Waals surface area contributed by atoms with Crippen LogP contribution in [-0.4, -0.2) is 49.0 Å². The molecular formula is C26H30N2O5S. The molecule has 2 heterocycles. The molecule has 1 atom stereocenters. The molecule has 0 N–H and O–H groups in total. The Morgan fingerprint density at radius 2 is 1.79 bits per heavy atom. The molecule has 34 heavy (non-hydrogen) atoms. The number of amides is 1. The van der Waals surface area contributed by atoms with Gasteiger partial charge < -0.3 is 14.2 Å². The molecule has 1 aromatic heterocycles. The summed E-state index contributed by atoms with van der Waals surface area (Å²) in [5, 5.41) is 4.00. The van der Waals surface area contributed by atoms with Gasteiger partial charge in [0.1, 0.15) is 5.75 Å². The standard InChI is InChI=1S/C26H30N2O5S/c1-26(2,3)20-9-5-18(6-10-20)16-28(21-13-14-34(30,31)17-21)25(29)23-15-24(33-27-23)19-7-11-22(32-4)12-8-19/h5-12,15,21H,13-14,16-17H2,1-4H3. The second kappa shape index (κ2) is 9.25. The van der Waals surface area contributed by atoms with Crippen LogP contribution in [0, 0.1) is 0 Å². The summed E-state index contributed by atoms with van der Waals surface area (Å²) in [4.78, 5) is 15.1. The van der Waals surface area contributed by atoms with Gasteiger partial charge in [-0.2, -0.15) is 0 Å². The summed E-state index contributed by atoms with van der Waals surface area (Å²) in [7, 11) is -1.58. The van der Waals surface area contributed by atoms with Crippen molar-refractivity contribution in [3.8, 4) is 17.1 Å². The molecule has 0 saturated carbocycles. The van der Waals surface area contributed by atoms with Gasteiger partial charge in [0.2, 0.25) is 0 Å². The Morgan fingerprint density at radius 1 is 1.12 bits per heavy atom. The third kappa shape index (κ3) is 5.33. The van der Waals surface area contributed by atoms with Crippen molar-refractivity contribution < 1.29 is 22.5 Å². The normalized spacial score (nSPS) is 17.5. The van der Waals surface area contributed by atoms with Crippen LogP contribution in [-0.2, 0) is 21.8 Å². The molecule has 0 spiro atoms. The van der Waals surface area contributed by atoms with Gasteiger partial charge in [0.05, 0.1) is 18.6 Å². The first-order valence-electron chi connectivity index (χ1n) is 11.3. The molecule has 0 radical (unpaired) electrons. The Labute approximate surface area is 200 Å². The lowest BCUT2D eigenvalue weighted by atomic mass is 9.86. The van der Waals surface area contributed by atoms with Crippen molar-refractivity contribution in [1.29, 1.82) is 0 Å². The highest BCUT2D eigenvalue weighted by Crippen LogP contribution is 2.27. The molecule has 1 aliphatic rings. The van der Waals surface area contributed by atoms with Crippen LogP contribution >= 0.6 is 0 Å². The number of hydrogen-bond donors (Lipinski definition) is 0. The Bertz CT molecular complexity index is 1260. The van der Waals surface area contributed by atoms with E-state index in [2.05, 4.69) is 38.1 Å². The van der Waals surface area contributed by atoms with Crippen molar-refractivity contribution in [3.05, 3.63) is 71.4 Å². The number of rotatable bonds is 6. The highest BCUT2D eigenvalue weighted by Gasteiger charge is 2.36. The number of nitrogens with zero attached hydrogens (tertiary/aromatic N) is 2. The van der Waals surface area contributed by atoms with E-state index >= 15 is 0 Å². The van der Waals surface area contributed by atoms with Crippen molar-refractivity contribution >= 4 is 15.7 Å². The fourth-order valence-electron chi connectivity index (χ4n) is 4.11. The monoisotopic (exact) mass is 482 g/mol. The number of benzene rings is 2. The van der Waals surface area contributed by atoms with Crippen LogP contribution in [0.5, 0.6) is 5.75 Å². The van der Waals surface area contributed by atoms with Crippen LogP contribution in [0.15, 0.2) is 59.1 Å².